The van der Waals surface area contributed by atoms with E-state index in [4.69, 9.17) is 0 Å². The van der Waals surface area contributed by atoms with Crippen LogP contribution in [0.15, 0.2) is 42.6 Å². The van der Waals surface area contributed by atoms with Crippen molar-refractivity contribution in [3.8, 4) is 6.07 Å². The van der Waals surface area contributed by atoms with Crippen LogP contribution >= 0.6 is 0 Å². The minimum Gasteiger partial charge on any atom is -0.336 e. The molecule has 0 bridgehead atoms. The van der Waals surface area contributed by atoms with E-state index in [0.29, 0.717) is 5.69 Å². The van der Waals surface area contributed by atoms with Crippen LogP contribution in [0.3, 0.4) is 0 Å². The van der Waals surface area contributed by atoms with Crippen LogP contribution in [0.5, 0.6) is 0 Å². The molecule has 3 atom stereocenters. The summed E-state index contributed by atoms with van der Waals surface area (Å²) >= 11 is 0. The fraction of sp³-hybridized carbons (Fsp3) is 0.407. The summed E-state index contributed by atoms with van der Waals surface area (Å²) in [5, 5.41) is 17.7. The second kappa shape index (κ2) is 9.65. The van der Waals surface area contributed by atoms with Crippen LogP contribution in [0.4, 0.5) is 11.5 Å². The van der Waals surface area contributed by atoms with Gasteiger partial charge in [0.05, 0.1) is 11.5 Å². The minimum atomic E-state index is -1.07. The van der Waals surface area contributed by atoms with E-state index in [1.165, 1.54) is 4.90 Å². The standard InChI is InChI=1S/C27H30N6O4/c1-16-9-10-21(29-14-16)32-23(35)22(34)30-20(12-26(2,3)4)24(36)33-15-27(11-17(33)13-28)18-7-5-6-8-19(18)31-25(27)37/h5-10,14,17,20H,11-12,15H2,1-4H3,(H,30,34)(H,31,37)(H,29,32,35)/t17?,20-,27-/m0/s1. The average molecular weight is 503 g/mol. The Labute approximate surface area is 215 Å². The number of carbonyl (C=O) groups excluding carboxylic acids is 4. The maximum absolute atomic E-state index is 13.8. The fourth-order valence-corrected chi connectivity index (χ4v) is 4.94. The van der Waals surface area contributed by atoms with E-state index in [9.17, 15) is 24.4 Å². The molecule has 1 unspecified atom stereocenters. The third-order valence-corrected chi connectivity index (χ3v) is 6.69. The second-order valence-corrected chi connectivity index (χ2v) is 10.9. The van der Waals surface area contributed by atoms with Gasteiger partial charge < -0.3 is 20.9 Å². The van der Waals surface area contributed by atoms with Crippen molar-refractivity contribution in [3.05, 3.63) is 53.7 Å². The topological polar surface area (TPSA) is 144 Å². The molecule has 1 aromatic carbocycles. The van der Waals surface area contributed by atoms with Gasteiger partial charge in [0.25, 0.3) is 0 Å². The number of likely N-dealkylation sites (tertiary alicyclic amines) is 1. The molecule has 10 heteroatoms. The van der Waals surface area contributed by atoms with E-state index in [2.05, 4.69) is 27.0 Å². The van der Waals surface area contributed by atoms with Gasteiger partial charge in [-0.3, -0.25) is 19.2 Å². The summed E-state index contributed by atoms with van der Waals surface area (Å²) in [6, 6.07) is 10.8. The van der Waals surface area contributed by atoms with Crippen LogP contribution in [0.2, 0.25) is 0 Å². The molecule has 2 aromatic rings. The van der Waals surface area contributed by atoms with E-state index in [1.54, 1.807) is 24.4 Å². The number of rotatable bonds is 4. The first kappa shape index (κ1) is 25.8. The van der Waals surface area contributed by atoms with Gasteiger partial charge in [-0.2, -0.15) is 5.26 Å². The third-order valence-electron chi connectivity index (χ3n) is 6.69. The molecule has 1 aromatic heterocycles. The van der Waals surface area contributed by atoms with Crippen molar-refractivity contribution >= 4 is 35.1 Å². The number of nitriles is 1. The van der Waals surface area contributed by atoms with Crippen molar-refractivity contribution in [3.63, 3.8) is 0 Å². The van der Waals surface area contributed by atoms with Crippen molar-refractivity contribution in [2.24, 2.45) is 5.41 Å². The Morgan fingerprint density at radius 1 is 1.22 bits per heavy atom. The average Bonchev–Trinajstić information content (AvgIpc) is 3.37. The van der Waals surface area contributed by atoms with Gasteiger partial charge in [-0.25, -0.2) is 4.98 Å². The first-order chi connectivity index (χ1) is 17.4. The summed E-state index contributed by atoms with van der Waals surface area (Å²) in [7, 11) is 0. The molecule has 0 aliphatic carbocycles. The Hall–Kier alpha value is -4.26. The Morgan fingerprint density at radius 2 is 1.95 bits per heavy atom. The number of benzene rings is 1. The van der Waals surface area contributed by atoms with Crippen molar-refractivity contribution in [1.82, 2.24) is 15.2 Å². The Kier molecular flexibility index (Phi) is 6.74. The lowest BCUT2D eigenvalue weighted by molar-refractivity contribution is -0.141. The minimum absolute atomic E-state index is 0.00288. The molecule has 10 nitrogen and oxygen atoms in total. The lowest BCUT2D eigenvalue weighted by atomic mass is 9.80. The number of nitrogens with one attached hydrogen (secondary N) is 3. The maximum Gasteiger partial charge on any atom is 0.314 e. The molecule has 2 aliphatic heterocycles. The molecule has 2 aliphatic rings. The van der Waals surface area contributed by atoms with Crippen molar-refractivity contribution in [2.45, 2.75) is 58.0 Å². The highest BCUT2D eigenvalue weighted by Crippen LogP contribution is 2.46. The van der Waals surface area contributed by atoms with Crippen LogP contribution < -0.4 is 16.0 Å². The number of fused-ring (bicyclic) bond motifs is 2. The predicted octanol–water partition coefficient (Wildman–Crippen LogP) is 2.26. The lowest BCUT2D eigenvalue weighted by Crippen LogP contribution is -2.53. The Bertz CT molecular complexity index is 1290. The van der Waals surface area contributed by atoms with Gasteiger partial charge in [0.1, 0.15) is 17.9 Å². The van der Waals surface area contributed by atoms with Crippen LogP contribution in [0.1, 0.15) is 44.7 Å². The van der Waals surface area contributed by atoms with E-state index in [-0.39, 0.29) is 36.5 Å². The smallest absolute Gasteiger partial charge is 0.314 e. The summed E-state index contributed by atoms with van der Waals surface area (Å²) in [6.45, 7) is 7.57. The monoisotopic (exact) mass is 502 g/mol. The van der Waals surface area contributed by atoms with Crippen LogP contribution in [0.25, 0.3) is 0 Å². The summed E-state index contributed by atoms with van der Waals surface area (Å²) in [4.78, 5) is 57.6. The summed E-state index contributed by atoms with van der Waals surface area (Å²) in [6.07, 6.45) is 1.92. The number of nitrogens with zero attached hydrogens (tertiary/aromatic N) is 3. The third kappa shape index (κ3) is 5.16. The summed E-state index contributed by atoms with van der Waals surface area (Å²) < 4.78 is 0. The van der Waals surface area contributed by atoms with Crippen LogP contribution in [0, 0.1) is 23.7 Å². The number of hydrogen-bond acceptors (Lipinski definition) is 6. The zero-order chi connectivity index (χ0) is 27.0. The van der Waals surface area contributed by atoms with Gasteiger partial charge in [0, 0.05) is 24.8 Å². The number of amides is 4. The van der Waals surface area contributed by atoms with Gasteiger partial charge in [0.15, 0.2) is 0 Å². The molecule has 1 spiro atoms. The number of para-hydroxylation sites is 1. The number of carbonyl (C=O) groups is 4. The molecule has 3 heterocycles. The Morgan fingerprint density at radius 3 is 2.59 bits per heavy atom. The van der Waals surface area contributed by atoms with E-state index in [0.717, 1.165) is 11.1 Å². The van der Waals surface area contributed by atoms with Crippen LogP contribution in [-0.2, 0) is 24.6 Å². The molecule has 4 rings (SSSR count). The van der Waals surface area contributed by atoms with E-state index < -0.39 is 35.2 Å². The summed E-state index contributed by atoms with van der Waals surface area (Å²) in [5.41, 5.74) is 0.875. The molecule has 0 radical (unpaired) electrons. The molecule has 1 fully saturated rings. The number of pyridine rings is 1. The molecule has 37 heavy (non-hydrogen) atoms. The second-order valence-electron chi connectivity index (χ2n) is 10.9. The first-order valence-electron chi connectivity index (χ1n) is 12.1. The number of hydrogen-bond donors (Lipinski definition) is 3. The number of anilines is 2. The highest BCUT2D eigenvalue weighted by molar-refractivity contribution is 6.39. The van der Waals surface area contributed by atoms with Gasteiger partial charge >= 0.3 is 11.8 Å². The molecular weight excluding hydrogens is 472 g/mol. The lowest BCUT2D eigenvalue weighted by Gasteiger charge is -2.31. The molecule has 0 saturated carbocycles. The molecule has 192 valence electrons. The quantitative estimate of drug-likeness (QED) is 0.547. The molecule has 1 saturated heterocycles. The zero-order valence-electron chi connectivity index (χ0n) is 21.3. The van der Waals surface area contributed by atoms with Gasteiger partial charge in [0.2, 0.25) is 11.8 Å². The first-order valence-corrected chi connectivity index (χ1v) is 12.1. The zero-order valence-corrected chi connectivity index (χ0v) is 21.3. The SMILES string of the molecule is Cc1ccc(NC(=O)C(=O)N[C@@H](CC(C)(C)C)C(=O)N2C[C@]3(CC2C#N)C(=O)Nc2ccccc23)nc1. The fourth-order valence-electron chi connectivity index (χ4n) is 4.94. The van der Waals surface area contributed by atoms with Crippen LogP contribution in [-0.4, -0.2) is 52.1 Å². The molecule has 4 amide bonds. The van der Waals surface area contributed by atoms with Gasteiger partial charge in [-0.15, -0.1) is 0 Å². The van der Waals surface area contributed by atoms with Crippen molar-refractivity contribution in [2.75, 3.05) is 17.2 Å². The van der Waals surface area contributed by atoms with Gasteiger partial charge in [-0.05, 0) is 42.0 Å². The van der Waals surface area contributed by atoms with Crippen molar-refractivity contribution < 1.29 is 19.2 Å². The largest absolute Gasteiger partial charge is 0.336 e. The molecular formula is C27H30N6O4. The molecule has 3 N–H and O–H groups in total. The predicted molar refractivity (Wildman–Crippen MR) is 136 cm³/mol. The number of aromatic nitrogens is 1. The normalized spacial score (nSPS) is 21.1. The van der Waals surface area contributed by atoms with Gasteiger partial charge in [-0.1, -0.05) is 45.0 Å². The Balaban J connectivity index is 1.56. The highest BCUT2D eigenvalue weighted by atomic mass is 16.2. The van der Waals surface area contributed by atoms with E-state index >= 15 is 0 Å². The summed E-state index contributed by atoms with van der Waals surface area (Å²) in [5.74, 6) is -2.50. The maximum atomic E-state index is 13.8. The highest BCUT2D eigenvalue weighted by Gasteiger charge is 2.56. The van der Waals surface area contributed by atoms with Crippen molar-refractivity contribution in [1.29, 1.82) is 5.26 Å². The van der Waals surface area contributed by atoms with E-state index in [1.807, 2.05) is 45.9 Å². The number of aryl methyl sites for hydroxylation is 1.